The van der Waals surface area contributed by atoms with Crippen LogP contribution < -0.4 is 10.6 Å². The highest BCUT2D eigenvalue weighted by molar-refractivity contribution is 5.75. The van der Waals surface area contributed by atoms with Crippen molar-refractivity contribution in [1.82, 2.24) is 10.6 Å². The van der Waals surface area contributed by atoms with Crippen LogP contribution in [0.5, 0.6) is 0 Å². The Morgan fingerprint density at radius 1 is 1.40 bits per heavy atom. The van der Waals surface area contributed by atoms with Crippen molar-refractivity contribution < 1.29 is 14.7 Å². The van der Waals surface area contributed by atoms with Crippen molar-refractivity contribution in [1.29, 1.82) is 0 Å². The molecule has 86 valence electrons. The van der Waals surface area contributed by atoms with E-state index in [0.29, 0.717) is 5.92 Å². The molecule has 0 aliphatic heterocycles. The van der Waals surface area contributed by atoms with Gasteiger partial charge in [0.25, 0.3) is 0 Å². The zero-order valence-corrected chi connectivity index (χ0v) is 9.12. The molecule has 1 fully saturated rings. The minimum Gasteiger partial charge on any atom is -0.481 e. The van der Waals surface area contributed by atoms with Gasteiger partial charge in [0.1, 0.15) is 0 Å². The Hall–Kier alpha value is -1.26. The molecule has 0 aromatic rings. The molecule has 2 unspecified atom stereocenters. The van der Waals surface area contributed by atoms with E-state index in [2.05, 4.69) is 10.6 Å². The first kappa shape index (κ1) is 11.8. The molecule has 1 saturated carbocycles. The van der Waals surface area contributed by atoms with Crippen LogP contribution in [0.3, 0.4) is 0 Å². The molecule has 1 aliphatic carbocycles. The van der Waals surface area contributed by atoms with Crippen molar-refractivity contribution in [3.05, 3.63) is 0 Å². The SMILES string of the molecule is CC(CNC(=O)NC(C)C1CC1)C(=O)O. The fourth-order valence-corrected chi connectivity index (χ4v) is 1.30. The van der Waals surface area contributed by atoms with Crippen LogP contribution in [-0.2, 0) is 4.79 Å². The van der Waals surface area contributed by atoms with Crippen LogP contribution in [0.1, 0.15) is 26.7 Å². The summed E-state index contributed by atoms with van der Waals surface area (Å²) in [6.07, 6.45) is 2.35. The average molecular weight is 214 g/mol. The molecule has 2 atom stereocenters. The molecule has 0 spiro atoms. The number of carbonyl (C=O) groups is 2. The van der Waals surface area contributed by atoms with Gasteiger partial charge in [0.05, 0.1) is 5.92 Å². The molecule has 1 rings (SSSR count). The number of urea groups is 1. The van der Waals surface area contributed by atoms with Crippen molar-refractivity contribution in [2.24, 2.45) is 11.8 Å². The van der Waals surface area contributed by atoms with Gasteiger partial charge >= 0.3 is 12.0 Å². The summed E-state index contributed by atoms with van der Waals surface area (Å²) in [6.45, 7) is 3.70. The monoisotopic (exact) mass is 214 g/mol. The van der Waals surface area contributed by atoms with Crippen molar-refractivity contribution >= 4 is 12.0 Å². The third-order valence-electron chi connectivity index (χ3n) is 2.68. The van der Waals surface area contributed by atoms with E-state index in [0.717, 1.165) is 0 Å². The second kappa shape index (κ2) is 5.00. The van der Waals surface area contributed by atoms with Crippen molar-refractivity contribution in [2.75, 3.05) is 6.54 Å². The number of carboxylic acids is 1. The van der Waals surface area contributed by atoms with Crippen LogP contribution in [0.4, 0.5) is 4.79 Å². The molecule has 0 bridgehead atoms. The number of aliphatic carboxylic acids is 1. The van der Waals surface area contributed by atoms with Crippen LogP contribution in [0.15, 0.2) is 0 Å². The Bertz CT molecular complexity index is 251. The molecule has 15 heavy (non-hydrogen) atoms. The van der Waals surface area contributed by atoms with Crippen LogP contribution in [-0.4, -0.2) is 29.7 Å². The number of nitrogens with one attached hydrogen (secondary N) is 2. The van der Waals surface area contributed by atoms with E-state index < -0.39 is 11.9 Å². The van der Waals surface area contributed by atoms with E-state index in [1.165, 1.54) is 12.8 Å². The molecular weight excluding hydrogens is 196 g/mol. The maximum absolute atomic E-state index is 11.3. The Morgan fingerprint density at radius 3 is 2.47 bits per heavy atom. The van der Waals surface area contributed by atoms with Gasteiger partial charge in [0.15, 0.2) is 0 Å². The predicted molar refractivity (Wildman–Crippen MR) is 55.5 cm³/mol. The lowest BCUT2D eigenvalue weighted by molar-refractivity contribution is -0.140. The third-order valence-corrected chi connectivity index (χ3v) is 2.68. The third kappa shape index (κ3) is 4.18. The summed E-state index contributed by atoms with van der Waals surface area (Å²) >= 11 is 0. The minimum atomic E-state index is -0.898. The second-order valence-electron chi connectivity index (χ2n) is 4.22. The molecule has 1 aliphatic rings. The quantitative estimate of drug-likeness (QED) is 0.633. The summed E-state index contributed by atoms with van der Waals surface area (Å²) in [7, 11) is 0. The highest BCUT2D eigenvalue weighted by atomic mass is 16.4. The van der Waals surface area contributed by atoms with Gasteiger partial charge in [-0.15, -0.1) is 0 Å². The second-order valence-corrected chi connectivity index (χ2v) is 4.22. The van der Waals surface area contributed by atoms with Gasteiger partial charge in [-0.3, -0.25) is 4.79 Å². The number of rotatable bonds is 5. The predicted octanol–water partition coefficient (Wildman–Crippen LogP) is 0.805. The average Bonchev–Trinajstić information content (AvgIpc) is 2.96. The van der Waals surface area contributed by atoms with E-state index in [1.54, 1.807) is 6.92 Å². The van der Waals surface area contributed by atoms with Gasteiger partial charge in [0.2, 0.25) is 0 Å². The minimum absolute atomic E-state index is 0.165. The molecule has 0 aromatic heterocycles. The maximum Gasteiger partial charge on any atom is 0.315 e. The van der Waals surface area contributed by atoms with E-state index in [4.69, 9.17) is 5.11 Å². The molecule has 2 amide bonds. The summed E-state index contributed by atoms with van der Waals surface area (Å²) in [4.78, 5) is 21.8. The van der Waals surface area contributed by atoms with Gasteiger partial charge in [-0.25, -0.2) is 4.79 Å². The first-order valence-electron chi connectivity index (χ1n) is 5.28. The smallest absolute Gasteiger partial charge is 0.315 e. The van der Waals surface area contributed by atoms with Crippen LogP contribution in [0, 0.1) is 11.8 Å². The fraction of sp³-hybridized carbons (Fsp3) is 0.800. The van der Waals surface area contributed by atoms with E-state index in [9.17, 15) is 9.59 Å². The molecular formula is C10H18N2O3. The number of amides is 2. The van der Waals surface area contributed by atoms with Crippen LogP contribution in [0.2, 0.25) is 0 Å². The molecule has 3 N–H and O–H groups in total. The van der Waals surface area contributed by atoms with Crippen LogP contribution >= 0.6 is 0 Å². The maximum atomic E-state index is 11.3. The summed E-state index contributed by atoms with van der Waals surface area (Å²) in [6, 6.07) is -0.0902. The number of hydrogen-bond donors (Lipinski definition) is 3. The summed E-state index contributed by atoms with van der Waals surface area (Å²) in [5.74, 6) is -0.842. The van der Waals surface area contributed by atoms with Gasteiger partial charge in [-0.05, 0) is 25.7 Å². The largest absolute Gasteiger partial charge is 0.481 e. The first-order chi connectivity index (χ1) is 7.00. The van der Waals surface area contributed by atoms with E-state index in [-0.39, 0.29) is 18.6 Å². The van der Waals surface area contributed by atoms with Crippen molar-refractivity contribution in [3.63, 3.8) is 0 Å². The van der Waals surface area contributed by atoms with Gasteiger partial charge < -0.3 is 15.7 Å². The van der Waals surface area contributed by atoms with Crippen molar-refractivity contribution in [2.45, 2.75) is 32.7 Å². The lowest BCUT2D eigenvalue weighted by Crippen LogP contribution is -2.43. The summed E-state index contributed by atoms with van der Waals surface area (Å²) < 4.78 is 0. The van der Waals surface area contributed by atoms with E-state index >= 15 is 0 Å². The number of hydrogen-bond acceptors (Lipinski definition) is 2. The molecule has 0 aromatic carbocycles. The Kier molecular flexibility index (Phi) is 3.94. The highest BCUT2D eigenvalue weighted by Crippen LogP contribution is 2.32. The Morgan fingerprint density at radius 2 is 2.00 bits per heavy atom. The topological polar surface area (TPSA) is 78.4 Å². The standard InChI is InChI=1S/C10H18N2O3/c1-6(9(13)14)5-11-10(15)12-7(2)8-3-4-8/h6-8H,3-5H2,1-2H3,(H,13,14)(H2,11,12,15). The normalized spacial score (nSPS) is 19.1. The molecule has 0 heterocycles. The lowest BCUT2D eigenvalue weighted by atomic mass is 10.2. The lowest BCUT2D eigenvalue weighted by Gasteiger charge is -2.14. The molecule has 0 radical (unpaired) electrons. The molecule has 0 saturated heterocycles. The molecule has 5 heteroatoms. The first-order valence-corrected chi connectivity index (χ1v) is 5.28. The highest BCUT2D eigenvalue weighted by Gasteiger charge is 2.28. The number of carbonyl (C=O) groups excluding carboxylic acids is 1. The zero-order chi connectivity index (χ0) is 11.4. The number of carboxylic acid groups (broad SMARTS) is 1. The van der Waals surface area contributed by atoms with Gasteiger partial charge in [-0.1, -0.05) is 6.92 Å². The summed E-state index contributed by atoms with van der Waals surface area (Å²) in [5.41, 5.74) is 0. The fourth-order valence-electron chi connectivity index (χ4n) is 1.30. The Balaban J connectivity index is 2.15. The molecule has 5 nitrogen and oxygen atoms in total. The summed E-state index contributed by atoms with van der Waals surface area (Å²) in [5, 5.41) is 13.9. The van der Waals surface area contributed by atoms with Crippen molar-refractivity contribution in [3.8, 4) is 0 Å². The van der Waals surface area contributed by atoms with E-state index in [1.807, 2.05) is 6.92 Å². The van der Waals surface area contributed by atoms with Gasteiger partial charge in [-0.2, -0.15) is 0 Å². The van der Waals surface area contributed by atoms with Gasteiger partial charge in [0, 0.05) is 12.6 Å². The zero-order valence-electron chi connectivity index (χ0n) is 9.12. The van der Waals surface area contributed by atoms with Crippen LogP contribution in [0.25, 0.3) is 0 Å². The Labute approximate surface area is 89.2 Å².